The molecule has 0 aromatic heterocycles. The van der Waals surface area contributed by atoms with Crippen molar-refractivity contribution < 1.29 is 24.2 Å². The van der Waals surface area contributed by atoms with Crippen LogP contribution in [0.1, 0.15) is 36.4 Å². The number of amides is 2. The van der Waals surface area contributed by atoms with Gasteiger partial charge in [-0.3, -0.25) is 14.4 Å². The van der Waals surface area contributed by atoms with E-state index in [-0.39, 0.29) is 36.8 Å². The van der Waals surface area contributed by atoms with E-state index in [1.165, 1.54) is 0 Å². The van der Waals surface area contributed by atoms with E-state index in [0.717, 1.165) is 5.56 Å². The molecule has 2 unspecified atom stereocenters. The van der Waals surface area contributed by atoms with Crippen molar-refractivity contribution in [1.82, 2.24) is 4.90 Å². The van der Waals surface area contributed by atoms with E-state index in [1.54, 1.807) is 39.8 Å². The van der Waals surface area contributed by atoms with Crippen molar-refractivity contribution >= 4 is 46.8 Å². The summed E-state index contributed by atoms with van der Waals surface area (Å²) in [5.74, 6) is -2.44. The third kappa shape index (κ3) is 4.90. The van der Waals surface area contributed by atoms with Crippen molar-refractivity contribution in [1.29, 1.82) is 0 Å². The summed E-state index contributed by atoms with van der Waals surface area (Å²) in [5.41, 5.74) is 2.09. The Labute approximate surface area is 250 Å². The maximum atomic E-state index is 14.9. The summed E-state index contributed by atoms with van der Waals surface area (Å²) in [7, 11) is 0. The lowest BCUT2D eigenvalue weighted by molar-refractivity contribution is -0.154. The number of esters is 1. The fraction of sp³-hybridized carbons (Fsp3) is 0.406. The van der Waals surface area contributed by atoms with E-state index < -0.39 is 34.6 Å². The minimum absolute atomic E-state index is 0.128. The first kappa shape index (κ1) is 29.4. The Morgan fingerprint density at radius 3 is 2.63 bits per heavy atom. The number of likely N-dealkylation sites (tertiary alicyclic amines) is 1. The molecule has 2 aromatic rings. The topological polar surface area (TPSA) is 87.2 Å². The van der Waals surface area contributed by atoms with Crippen LogP contribution < -0.4 is 4.90 Å². The first-order valence-corrected chi connectivity index (χ1v) is 15.2. The van der Waals surface area contributed by atoms with Crippen molar-refractivity contribution in [3.05, 3.63) is 90.0 Å². The minimum Gasteiger partial charge on any atom is -0.465 e. The molecule has 3 aliphatic heterocycles. The summed E-state index contributed by atoms with van der Waals surface area (Å²) in [4.78, 5) is 45.9. The molecule has 2 bridgehead atoms. The largest absolute Gasteiger partial charge is 0.465 e. The molecule has 9 heteroatoms. The molecule has 1 spiro atoms. The molecule has 3 fully saturated rings. The van der Waals surface area contributed by atoms with Crippen molar-refractivity contribution in [3.8, 4) is 0 Å². The van der Waals surface area contributed by atoms with Crippen LogP contribution in [0.15, 0.2) is 73.8 Å². The van der Waals surface area contributed by atoms with Gasteiger partial charge in [-0.05, 0) is 43.4 Å². The smallest absolute Gasteiger partial charge is 0.310 e. The van der Waals surface area contributed by atoms with Gasteiger partial charge in [-0.2, -0.15) is 0 Å². The van der Waals surface area contributed by atoms with Crippen LogP contribution in [0.25, 0.3) is 0 Å². The molecule has 6 atom stereocenters. The predicted octanol–water partition coefficient (Wildman–Crippen LogP) is 5.11. The number of aliphatic hydroxyl groups excluding tert-OH is 1. The lowest BCUT2D eigenvalue weighted by Gasteiger charge is -2.40. The Morgan fingerprint density at radius 2 is 1.98 bits per heavy atom. The number of benzene rings is 2. The summed E-state index contributed by atoms with van der Waals surface area (Å²) >= 11 is 8.21. The molecule has 2 amide bonds. The van der Waals surface area contributed by atoms with Crippen LogP contribution in [0, 0.1) is 18.8 Å². The minimum atomic E-state index is -0.936. The first-order valence-electron chi connectivity index (χ1n) is 13.9. The summed E-state index contributed by atoms with van der Waals surface area (Å²) in [5, 5.41) is 11.0. The van der Waals surface area contributed by atoms with E-state index in [1.807, 2.05) is 49.4 Å². The van der Waals surface area contributed by atoms with Gasteiger partial charge in [-0.15, -0.1) is 24.9 Å². The van der Waals surface area contributed by atoms with Gasteiger partial charge in [-0.1, -0.05) is 66.2 Å². The highest BCUT2D eigenvalue weighted by Crippen LogP contribution is 2.67. The van der Waals surface area contributed by atoms with Gasteiger partial charge in [0.2, 0.25) is 5.91 Å². The zero-order valence-electron chi connectivity index (χ0n) is 23.1. The van der Waals surface area contributed by atoms with Gasteiger partial charge in [0.1, 0.15) is 6.04 Å². The quantitative estimate of drug-likeness (QED) is 0.221. The summed E-state index contributed by atoms with van der Waals surface area (Å²) in [6.45, 7) is 9.44. The molecule has 2 aromatic carbocycles. The molecule has 0 radical (unpaired) electrons. The van der Waals surface area contributed by atoms with E-state index in [0.29, 0.717) is 35.5 Å². The average molecular weight is 595 g/mol. The number of thioether (sulfide) groups is 1. The number of rotatable bonds is 11. The molecule has 5 rings (SSSR count). The lowest BCUT2D eigenvalue weighted by atomic mass is 9.71. The molecule has 0 aliphatic carbocycles. The van der Waals surface area contributed by atoms with Gasteiger partial charge < -0.3 is 19.6 Å². The fourth-order valence-electron chi connectivity index (χ4n) is 6.88. The maximum Gasteiger partial charge on any atom is 0.310 e. The third-order valence-corrected chi connectivity index (χ3v) is 10.8. The predicted molar refractivity (Wildman–Crippen MR) is 162 cm³/mol. The Morgan fingerprint density at radius 1 is 1.22 bits per heavy atom. The monoisotopic (exact) mass is 594 g/mol. The van der Waals surface area contributed by atoms with Gasteiger partial charge in [0, 0.05) is 11.8 Å². The highest BCUT2D eigenvalue weighted by atomic mass is 35.5. The van der Waals surface area contributed by atoms with E-state index in [4.69, 9.17) is 16.3 Å². The van der Waals surface area contributed by atoms with Crippen molar-refractivity contribution in [3.63, 3.8) is 0 Å². The van der Waals surface area contributed by atoms with E-state index >= 15 is 0 Å². The fourth-order valence-corrected chi connectivity index (χ4v) is 9.39. The zero-order chi connectivity index (χ0) is 29.3. The van der Waals surface area contributed by atoms with Crippen LogP contribution in [0.5, 0.6) is 0 Å². The second-order valence-corrected chi connectivity index (χ2v) is 12.8. The third-order valence-electron chi connectivity index (χ3n) is 8.54. The second kappa shape index (κ2) is 12.0. The highest BCUT2D eigenvalue weighted by molar-refractivity contribution is 8.02. The molecule has 41 heavy (non-hydrogen) atoms. The van der Waals surface area contributed by atoms with E-state index in [2.05, 4.69) is 13.2 Å². The summed E-state index contributed by atoms with van der Waals surface area (Å²) in [6.07, 6.45) is 5.11. The van der Waals surface area contributed by atoms with Crippen LogP contribution in [0.4, 0.5) is 5.69 Å². The molecular formula is C32H35ClN2O5S. The number of aliphatic hydroxyl groups is 1. The van der Waals surface area contributed by atoms with Crippen molar-refractivity contribution in [2.24, 2.45) is 11.8 Å². The molecular weight excluding hydrogens is 560 g/mol. The molecule has 3 aliphatic rings. The molecule has 7 nitrogen and oxygen atoms in total. The van der Waals surface area contributed by atoms with Crippen LogP contribution in [-0.4, -0.2) is 63.6 Å². The Bertz CT molecular complexity index is 1330. The number of carbonyl (C=O) groups is 3. The van der Waals surface area contributed by atoms with Gasteiger partial charge in [0.05, 0.1) is 46.5 Å². The van der Waals surface area contributed by atoms with Crippen LogP contribution in [-0.2, 0) is 19.1 Å². The lowest BCUT2D eigenvalue weighted by Crippen LogP contribution is -2.56. The van der Waals surface area contributed by atoms with Gasteiger partial charge >= 0.3 is 5.97 Å². The number of para-hydroxylation sites is 1. The number of anilines is 1. The van der Waals surface area contributed by atoms with Crippen LogP contribution >= 0.6 is 23.4 Å². The van der Waals surface area contributed by atoms with Crippen molar-refractivity contribution in [2.75, 3.05) is 24.7 Å². The first-order chi connectivity index (χ1) is 19.8. The normalized spacial score (nSPS) is 26.9. The van der Waals surface area contributed by atoms with Crippen molar-refractivity contribution in [2.45, 2.75) is 48.3 Å². The number of halogens is 1. The second-order valence-electron chi connectivity index (χ2n) is 10.8. The Kier molecular flexibility index (Phi) is 8.64. The van der Waals surface area contributed by atoms with Gasteiger partial charge in [0.25, 0.3) is 5.91 Å². The number of ether oxygens (including phenoxy) is 1. The molecule has 0 saturated carbocycles. The number of hydrogen-bond acceptors (Lipinski definition) is 6. The maximum absolute atomic E-state index is 14.9. The summed E-state index contributed by atoms with van der Waals surface area (Å²) < 4.78 is 4.74. The summed E-state index contributed by atoms with van der Waals surface area (Å²) in [6, 6.07) is 13.0. The highest BCUT2D eigenvalue weighted by Gasteiger charge is 2.75. The molecule has 3 heterocycles. The van der Waals surface area contributed by atoms with Crippen LogP contribution in [0.2, 0.25) is 5.02 Å². The number of carbonyl (C=O) groups excluding carboxylic acids is 3. The van der Waals surface area contributed by atoms with Crippen LogP contribution in [0.3, 0.4) is 0 Å². The Hall–Kier alpha value is -3.07. The Balaban J connectivity index is 1.64. The van der Waals surface area contributed by atoms with Gasteiger partial charge in [-0.25, -0.2) is 0 Å². The number of fused-ring (bicyclic) bond motifs is 1. The SMILES string of the molecule is C=CCCOC(=O)[C@@H]1[C@@H]2CCC3(S2)C(C(=O)N(CC=C)c2c(C)cccc2Cl)N([C@H](CO)c2ccccc2)C(=O)[C@H]13. The number of aryl methyl sites for hydroxylation is 1. The average Bonchev–Trinajstić information content (AvgIpc) is 3.61. The standard InChI is InChI=1S/C32H35ClN2O5S/c1-4-6-18-40-31(39)25-24-15-16-32(41-24)26(25)29(37)35(23(19-36)21-12-8-7-9-13-21)28(32)30(38)34(17-5-2)27-20(3)11-10-14-22(27)33/h4-5,7-14,23-26,28,36H,1-2,6,15-19H2,3H3/t23-,24+,25-,26+,28?,32?/m1/s1. The van der Waals surface area contributed by atoms with E-state index in [9.17, 15) is 19.5 Å². The van der Waals surface area contributed by atoms with Gasteiger partial charge in [0.15, 0.2) is 0 Å². The zero-order valence-corrected chi connectivity index (χ0v) is 24.7. The number of hydrogen-bond donors (Lipinski definition) is 1. The molecule has 3 saturated heterocycles. The molecule has 1 N–H and O–H groups in total. The molecule has 216 valence electrons. The number of nitrogens with zero attached hydrogens (tertiary/aromatic N) is 2.